The van der Waals surface area contributed by atoms with Crippen LogP contribution in [0.15, 0.2) is 48.9 Å². The van der Waals surface area contributed by atoms with E-state index in [1.165, 1.54) is 0 Å². The first-order valence-electron chi connectivity index (χ1n) is 8.70. The third kappa shape index (κ3) is 3.46. The summed E-state index contributed by atoms with van der Waals surface area (Å²) in [7, 11) is 1.59. The zero-order chi connectivity index (χ0) is 17.9. The summed E-state index contributed by atoms with van der Waals surface area (Å²) in [6.45, 7) is 0.428. The van der Waals surface area contributed by atoms with Gasteiger partial charge in [-0.05, 0) is 36.5 Å². The van der Waals surface area contributed by atoms with Crippen LogP contribution < -0.4 is 15.4 Å². The van der Waals surface area contributed by atoms with Crippen LogP contribution in [0.3, 0.4) is 0 Å². The molecule has 1 saturated carbocycles. The minimum atomic E-state index is -0.187. The number of carbonyl (C=O) groups is 1. The summed E-state index contributed by atoms with van der Waals surface area (Å²) in [5, 5.41) is 10.3. The molecule has 0 bridgehead atoms. The average Bonchev–Trinajstić information content (AvgIpc) is 3.44. The minimum Gasteiger partial charge on any atom is -0.481 e. The molecule has 3 aromatic heterocycles. The Morgan fingerprint density at radius 2 is 2.19 bits per heavy atom. The number of hydrogen-bond donors (Lipinski definition) is 2. The Morgan fingerprint density at radius 1 is 1.31 bits per heavy atom. The minimum absolute atomic E-state index is 0.0303. The first-order valence-corrected chi connectivity index (χ1v) is 8.70. The maximum Gasteiger partial charge on any atom is 0.315 e. The molecule has 2 amide bonds. The zero-order valence-corrected chi connectivity index (χ0v) is 14.6. The van der Waals surface area contributed by atoms with E-state index in [1.807, 2.05) is 36.5 Å². The first-order chi connectivity index (χ1) is 12.7. The molecule has 134 valence electrons. The third-order valence-electron chi connectivity index (χ3n) is 4.65. The lowest BCUT2D eigenvalue weighted by molar-refractivity contribution is 0.235. The molecule has 1 unspecified atom stereocenters. The average molecular weight is 351 g/mol. The van der Waals surface area contributed by atoms with E-state index >= 15 is 0 Å². The predicted octanol–water partition coefficient (Wildman–Crippen LogP) is 2.69. The van der Waals surface area contributed by atoms with Crippen molar-refractivity contribution in [3.8, 4) is 5.88 Å². The molecule has 2 N–H and O–H groups in total. The van der Waals surface area contributed by atoms with Gasteiger partial charge in [0.1, 0.15) is 0 Å². The van der Waals surface area contributed by atoms with Crippen LogP contribution in [-0.4, -0.2) is 27.7 Å². The van der Waals surface area contributed by atoms with Crippen molar-refractivity contribution in [1.29, 1.82) is 0 Å². The number of urea groups is 1. The number of carbonyl (C=O) groups excluding carboxylic acids is 1. The lowest BCUT2D eigenvalue weighted by Gasteiger charge is -2.19. The second-order valence-electron chi connectivity index (χ2n) is 6.48. The van der Waals surface area contributed by atoms with Crippen molar-refractivity contribution in [2.24, 2.45) is 5.92 Å². The summed E-state index contributed by atoms with van der Waals surface area (Å²) in [4.78, 5) is 16.7. The molecule has 1 fully saturated rings. The van der Waals surface area contributed by atoms with Crippen molar-refractivity contribution < 1.29 is 9.53 Å². The van der Waals surface area contributed by atoms with E-state index in [4.69, 9.17) is 4.74 Å². The summed E-state index contributed by atoms with van der Waals surface area (Å²) in [5.41, 5.74) is 2.97. The molecular weight excluding hydrogens is 330 g/mol. The molecular formula is C19H21N5O2. The molecule has 3 aromatic rings. The number of pyridine rings is 2. The summed E-state index contributed by atoms with van der Waals surface area (Å²) in [6.07, 6.45) is 7.67. The van der Waals surface area contributed by atoms with Crippen LogP contribution in [0.1, 0.15) is 30.0 Å². The molecule has 0 saturated heterocycles. The molecule has 0 radical (unpaired) electrons. The van der Waals surface area contributed by atoms with E-state index in [2.05, 4.69) is 20.7 Å². The maximum absolute atomic E-state index is 12.4. The van der Waals surface area contributed by atoms with Crippen LogP contribution in [0.4, 0.5) is 4.79 Å². The Labute approximate surface area is 151 Å². The van der Waals surface area contributed by atoms with E-state index in [-0.39, 0.29) is 12.1 Å². The number of amides is 2. The first kappa shape index (κ1) is 16.4. The SMILES string of the molecule is COc1ccc(C(NC(=O)NCc2cnn3ccccc23)C2CC2)cn1. The zero-order valence-electron chi connectivity index (χ0n) is 14.6. The molecule has 1 aliphatic carbocycles. The van der Waals surface area contributed by atoms with Crippen LogP contribution in [0, 0.1) is 5.92 Å². The lowest BCUT2D eigenvalue weighted by atomic mass is 10.0. The topological polar surface area (TPSA) is 80.5 Å². The van der Waals surface area contributed by atoms with Crippen molar-refractivity contribution >= 4 is 11.5 Å². The van der Waals surface area contributed by atoms with Gasteiger partial charge in [-0.25, -0.2) is 14.3 Å². The number of methoxy groups -OCH3 is 1. The number of rotatable bonds is 6. The van der Waals surface area contributed by atoms with E-state index in [0.717, 1.165) is 29.5 Å². The number of nitrogens with zero attached hydrogens (tertiary/aromatic N) is 3. The van der Waals surface area contributed by atoms with Gasteiger partial charge in [-0.1, -0.05) is 12.1 Å². The fraction of sp³-hybridized carbons (Fsp3) is 0.316. The molecule has 4 rings (SSSR count). The molecule has 0 spiro atoms. The summed E-state index contributed by atoms with van der Waals surface area (Å²) >= 11 is 0. The molecule has 7 nitrogen and oxygen atoms in total. The van der Waals surface area contributed by atoms with Crippen molar-refractivity contribution in [2.75, 3.05) is 7.11 Å². The fourth-order valence-corrected chi connectivity index (χ4v) is 3.09. The van der Waals surface area contributed by atoms with Gasteiger partial charge < -0.3 is 15.4 Å². The third-order valence-corrected chi connectivity index (χ3v) is 4.65. The van der Waals surface area contributed by atoms with Crippen molar-refractivity contribution in [3.05, 3.63) is 60.0 Å². The van der Waals surface area contributed by atoms with Crippen LogP contribution in [0.25, 0.3) is 5.52 Å². The van der Waals surface area contributed by atoms with Gasteiger partial charge in [0.2, 0.25) is 5.88 Å². The monoisotopic (exact) mass is 351 g/mol. The van der Waals surface area contributed by atoms with Gasteiger partial charge in [-0.3, -0.25) is 0 Å². The smallest absolute Gasteiger partial charge is 0.315 e. The number of hydrogen-bond acceptors (Lipinski definition) is 4. The van der Waals surface area contributed by atoms with E-state index in [0.29, 0.717) is 18.3 Å². The molecule has 1 atom stereocenters. The molecule has 7 heteroatoms. The highest BCUT2D eigenvalue weighted by Gasteiger charge is 2.33. The van der Waals surface area contributed by atoms with Crippen LogP contribution >= 0.6 is 0 Å². The predicted molar refractivity (Wildman–Crippen MR) is 96.8 cm³/mol. The number of fused-ring (bicyclic) bond motifs is 1. The second-order valence-corrected chi connectivity index (χ2v) is 6.48. The van der Waals surface area contributed by atoms with Crippen LogP contribution in [0.2, 0.25) is 0 Å². The van der Waals surface area contributed by atoms with Gasteiger partial charge in [0, 0.05) is 30.6 Å². The second kappa shape index (κ2) is 7.03. The molecule has 3 heterocycles. The summed E-state index contributed by atoms with van der Waals surface area (Å²) in [5.74, 6) is 1.04. The standard InChI is InChI=1S/C19H21N5O2/c1-26-17-8-7-14(10-20-17)18(13-5-6-13)23-19(25)21-11-15-12-22-24-9-3-2-4-16(15)24/h2-4,7-10,12-13,18H,5-6,11H2,1H3,(H2,21,23,25). The lowest BCUT2D eigenvalue weighted by Crippen LogP contribution is -2.38. The van der Waals surface area contributed by atoms with Gasteiger partial charge in [0.25, 0.3) is 0 Å². The number of aromatic nitrogens is 3. The molecule has 1 aliphatic rings. The van der Waals surface area contributed by atoms with Crippen molar-refractivity contribution in [2.45, 2.75) is 25.4 Å². The molecule has 0 aromatic carbocycles. The molecule has 26 heavy (non-hydrogen) atoms. The van der Waals surface area contributed by atoms with Gasteiger partial charge in [0.15, 0.2) is 0 Å². The number of nitrogens with one attached hydrogen (secondary N) is 2. The van der Waals surface area contributed by atoms with Gasteiger partial charge in [-0.15, -0.1) is 0 Å². The van der Waals surface area contributed by atoms with E-state index in [1.54, 1.807) is 24.0 Å². The Bertz CT molecular complexity index is 902. The van der Waals surface area contributed by atoms with Gasteiger partial charge >= 0.3 is 6.03 Å². The Balaban J connectivity index is 1.40. The maximum atomic E-state index is 12.4. The van der Waals surface area contributed by atoms with Gasteiger partial charge in [-0.2, -0.15) is 5.10 Å². The fourth-order valence-electron chi connectivity index (χ4n) is 3.09. The highest BCUT2D eigenvalue weighted by molar-refractivity contribution is 5.75. The van der Waals surface area contributed by atoms with Crippen LogP contribution in [0.5, 0.6) is 5.88 Å². The Kier molecular flexibility index (Phi) is 4.43. The summed E-state index contributed by atoms with van der Waals surface area (Å²) in [6, 6.07) is 9.43. The normalized spacial score (nSPS) is 14.8. The van der Waals surface area contributed by atoms with Crippen LogP contribution in [-0.2, 0) is 6.54 Å². The Hall–Kier alpha value is -3.09. The number of ether oxygens (including phenoxy) is 1. The van der Waals surface area contributed by atoms with E-state index in [9.17, 15) is 4.79 Å². The van der Waals surface area contributed by atoms with E-state index < -0.39 is 0 Å². The summed E-state index contributed by atoms with van der Waals surface area (Å²) < 4.78 is 6.90. The molecule has 0 aliphatic heterocycles. The van der Waals surface area contributed by atoms with Crippen molar-refractivity contribution in [3.63, 3.8) is 0 Å². The quantitative estimate of drug-likeness (QED) is 0.715. The van der Waals surface area contributed by atoms with Gasteiger partial charge in [0.05, 0.1) is 24.9 Å². The van der Waals surface area contributed by atoms with Crippen molar-refractivity contribution in [1.82, 2.24) is 25.2 Å². The highest BCUT2D eigenvalue weighted by Crippen LogP contribution is 2.41. The largest absolute Gasteiger partial charge is 0.481 e. The highest BCUT2D eigenvalue weighted by atomic mass is 16.5. The Morgan fingerprint density at radius 3 is 2.92 bits per heavy atom.